The van der Waals surface area contributed by atoms with Gasteiger partial charge in [-0.3, -0.25) is 9.88 Å². The summed E-state index contributed by atoms with van der Waals surface area (Å²) in [6.07, 6.45) is 5.93. The standard InChI is InChI=1S/C34H37FN6O3/c1-23-12-15-41(16-13-23)21-24-6-8-25(9-7-24)38-34-39-32-31(33(40-34)43-18-17-42-2)29(20-37-32)28-11-10-27(19-30(28)35)44-22-26-5-3-4-14-36-26/h3-11,14,19-20,23H,12-13,15-18,21-22H2,1-2H3,(H2,37,38,39,40). The van der Waals surface area contributed by atoms with Gasteiger partial charge in [-0.2, -0.15) is 9.97 Å². The fourth-order valence-electron chi connectivity index (χ4n) is 5.34. The lowest BCUT2D eigenvalue weighted by molar-refractivity contribution is 0.144. The summed E-state index contributed by atoms with van der Waals surface area (Å²) in [5.41, 5.74) is 4.38. The Morgan fingerprint density at radius 1 is 0.977 bits per heavy atom. The van der Waals surface area contributed by atoms with Gasteiger partial charge < -0.3 is 24.5 Å². The van der Waals surface area contributed by atoms with Crippen LogP contribution in [0.15, 0.2) is 73.1 Å². The molecule has 1 aliphatic rings. The Morgan fingerprint density at radius 3 is 2.57 bits per heavy atom. The number of hydrogen-bond acceptors (Lipinski definition) is 8. The van der Waals surface area contributed by atoms with E-state index in [9.17, 15) is 0 Å². The number of rotatable bonds is 12. The predicted molar refractivity (Wildman–Crippen MR) is 169 cm³/mol. The highest BCUT2D eigenvalue weighted by molar-refractivity contribution is 5.98. The highest BCUT2D eigenvalue weighted by atomic mass is 19.1. The van der Waals surface area contributed by atoms with Gasteiger partial charge in [0.2, 0.25) is 11.8 Å². The van der Waals surface area contributed by atoms with E-state index in [-0.39, 0.29) is 13.2 Å². The lowest BCUT2D eigenvalue weighted by Crippen LogP contribution is -2.32. The fraction of sp³-hybridized carbons (Fsp3) is 0.324. The lowest BCUT2D eigenvalue weighted by atomic mass is 9.99. The summed E-state index contributed by atoms with van der Waals surface area (Å²) in [4.78, 5) is 19.3. The van der Waals surface area contributed by atoms with Crippen LogP contribution in [0.3, 0.4) is 0 Å². The van der Waals surface area contributed by atoms with Crippen LogP contribution in [0.4, 0.5) is 16.0 Å². The maximum Gasteiger partial charge on any atom is 0.232 e. The molecular weight excluding hydrogens is 559 g/mol. The van der Waals surface area contributed by atoms with Gasteiger partial charge in [-0.1, -0.05) is 25.1 Å². The van der Waals surface area contributed by atoms with E-state index in [1.54, 1.807) is 31.6 Å². The number of nitrogens with one attached hydrogen (secondary N) is 2. The number of aromatic nitrogens is 4. The number of benzene rings is 2. The number of ether oxygens (including phenoxy) is 3. The Bertz CT molecular complexity index is 1670. The monoisotopic (exact) mass is 596 g/mol. The van der Waals surface area contributed by atoms with E-state index in [0.717, 1.165) is 36.9 Å². The molecule has 44 heavy (non-hydrogen) atoms. The Hall–Kier alpha value is -4.54. The maximum absolute atomic E-state index is 15.4. The lowest BCUT2D eigenvalue weighted by Gasteiger charge is -2.30. The molecule has 9 nitrogen and oxygen atoms in total. The summed E-state index contributed by atoms with van der Waals surface area (Å²) in [5, 5.41) is 3.88. The van der Waals surface area contributed by atoms with Crippen molar-refractivity contribution in [1.82, 2.24) is 24.8 Å². The van der Waals surface area contributed by atoms with Crippen molar-refractivity contribution in [2.45, 2.75) is 32.9 Å². The van der Waals surface area contributed by atoms with Crippen LogP contribution in [0.1, 0.15) is 31.0 Å². The van der Waals surface area contributed by atoms with Gasteiger partial charge in [-0.05, 0) is 73.8 Å². The number of piperidine rings is 1. The third-order valence-corrected chi connectivity index (χ3v) is 7.86. The molecule has 1 fully saturated rings. The van der Waals surface area contributed by atoms with Crippen LogP contribution in [0.2, 0.25) is 0 Å². The first-order chi connectivity index (χ1) is 21.6. The van der Waals surface area contributed by atoms with Gasteiger partial charge in [0.25, 0.3) is 0 Å². The zero-order valence-electron chi connectivity index (χ0n) is 25.1. The van der Waals surface area contributed by atoms with E-state index < -0.39 is 5.82 Å². The Labute approximate surface area is 256 Å². The molecule has 4 heterocycles. The molecular formula is C34H37FN6O3. The first-order valence-electron chi connectivity index (χ1n) is 15.0. The number of hydrogen-bond donors (Lipinski definition) is 2. The second-order valence-corrected chi connectivity index (χ2v) is 11.2. The third kappa shape index (κ3) is 7.15. The van der Waals surface area contributed by atoms with Gasteiger partial charge in [-0.25, -0.2) is 4.39 Å². The zero-order chi connectivity index (χ0) is 30.3. The van der Waals surface area contributed by atoms with Crippen LogP contribution in [-0.2, 0) is 17.9 Å². The van der Waals surface area contributed by atoms with E-state index in [1.807, 2.05) is 30.3 Å². The zero-order valence-corrected chi connectivity index (χ0v) is 25.1. The molecule has 0 bridgehead atoms. The van der Waals surface area contributed by atoms with Crippen molar-refractivity contribution in [3.63, 3.8) is 0 Å². The van der Waals surface area contributed by atoms with Crippen LogP contribution in [0.25, 0.3) is 22.2 Å². The minimum Gasteiger partial charge on any atom is -0.487 e. The molecule has 0 atom stereocenters. The van der Waals surface area contributed by atoms with Gasteiger partial charge in [0.15, 0.2) is 0 Å². The van der Waals surface area contributed by atoms with Gasteiger partial charge in [0.05, 0.1) is 17.7 Å². The summed E-state index contributed by atoms with van der Waals surface area (Å²) in [6, 6.07) is 18.7. The van der Waals surface area contributed by atoms with Crippen molar-refractivity contribution < 1.29 is 18.6 Å². The Kier molecular flexibility index (Phi) is 9.28. The van der Waals surface area contributed by atoms with Gasteiger partial charge in [0.1, 0.15) is 30.4 Å². The molecule has 5 aromatic rings. The number of H-pyrrole nitrogens is 1. The fourth-order valence-corrected chi connectivity index (χ4v) is 5.34. The minimum absolute atomic E-state index is 0.244. The van der Waals surface area contributed by atoms with E-state index >= 15 is 4.39 Å². The van der Waals surface area contributed by atoms with E-state index in [4.69, 9.17) is 14.2 Å². The van der Waals surface area contributed by atoms with Crippen molar-refractivity contribution >= 4 is 22.7 Å². The van der Waals surface area contributed by atoms with E-state index in [1.165, 1.54) is 24.5 Å². The number of halogens is 1. The van der Waals surface area contributed by atoms with Crippen LogP contribution in [0.5, 0.6) is 11.6 Å². The van der Waals surface area contributed by atoms with Crippen molar-refractivity contribution in [2.75, 3.05) is 38.7 Å². The average Bonchev–Trinajstić information content (AvgIpc) is 3.47. The number of methoxy groups -OCH3 is 1. The summed E-state index contributed by atoms with van der Waals surface area (Å²) >= 11 is 0. The van der Waals surface area contributed by atoms with Crippen LogP contribution in [-0.4, -0.2) is 58.2 Å². The topological polar surface area (TPSA) is 97.4 Å². The number of pyridine rings is 1. The third-order valence-electron chi connectivity index (χ3n) is 7.86. The van der Waals surface area contributed by atoms with Gasteiger partial charge >= 0.3 is 0 Å². The first kappa shape index (κ1) is 29.5. The summed E-state index contributed by atoms with van der Waals surface area (Å²) in [6.45, 7) is 6.47. The molecule has 1 aliphatic heterocycles. The highest BCUT2D eigenvalue weighted by Gasteiger charge is 2.20. The summed E-state index contributed by atoms with van der Waals surface area (Å²) in [5.74, 6) is 1.49. The molecule has 0 amide bonds. The SMILES string of the molecule is COCCOc1nc(Nc2ccc(CN3CCC(C)CC3)cc2)nc2[nH]cc(-c3ccc(OCc4ccccn4)cc3F)c12. The number of anilines is 2. The molecule has 0 unspecified atom stereocenters. The molecule has 0 radical (unpaired) electrons. The number of fused-ring (bicyclic) bond motifs is 1. The summed E-state index contributed by atoms with van der Waals surface area (Å²) < 4.78 is 32.4. The maximum atomic E-state index is 15.4. The van der Waals surface area contributed by atoms with E-state index in [2.05, 4.69) is 49.2 Å². The average molecular weight is 597 g/mol. The van der Waals surface area contributed by atoms with Crippen molar-refractivity contribution in [3.8, 4) is 22.8 Å². The molecule has 10 heteroatoms. The van der Waals surface area contributed by atoms with E-state index in [0.29, 0.717) is 46.3 Å². The van der Waals surface area contributed by atoms with Gasteiger partial charge in [0, 0.05) is 48.9 Å². The second-order valence-electron chi connectivity index (χ2n) is 11.2. The highest BCUT2D eigenvalue weighted by Crippen LogP contribution is 2.37. The molecule has 0 aliphatic carbocycles. The molecule has 2 N–H and O–H groups in total. The molecule has 3 aromatic heterocycles. The number of likely N-dealkylation sites (tertiary alicyclic amines) is 1. The Balaban J connectivity index is 1.21. The minimum atomic E-state index is -0.436. The van der Waals surface area contributed by atoms with Gasteiger partial charge in [-0.15, -0.1) is 0 Å². The molecule has 6 rings (SSSR count). The van der Waals surface area contributed by atoms with Crippen molar-refractivity contribution in [2.24, 2.45) is 5.92 Å². The second kappa shape index (κ2) is 13.8. The molecule has 0 saturated carbocycles. The largest absolute Gasteiger partial charge is 0.487 e. The summed E-state index contributed by atoms with van der Waals surface area (Å²) in [7, 11) is 1.61. The smallest absolute Gasteiger partial charge is 0.232 e. The van der Waals surface area contributed by atoms with Crippen LogP contribution in [0, 0.1) is 11.7 Å². The molecule has 1 saturated heterocycles. The predicted octanol–water partition coefficient (Wildman–Crippen LogP) is 6.74. The van der Waals surface area contributed by atoms with Crippen LogP contribution < -0.4 is 14.8 Å². The molecule has 2 aromatic carbocycles. The number of nitrogens with zero attached hydrogens (tertiary/aromatic N) is 4. The normalized spacial score (nSPS) is 14.2. The Morgan fingerprint density at radius 2 is 1.82 bits per heavy atom. The number of aromatic amines is 1. The van der Waals surface area contributed by atoms with Crippen molar-refractivity contribution in [1.29, 1.82) is 0 Å². The quantitative estimate of drug-likeness (QED) is 0.153. The first-order valence-corrected chi connectivity index (χ1v) is 15.0. The molecule has 0 spiro atoms. The van der Waals surface area contributed by atoms with Crippen molar-refractivity contribution in [3.05, 3.63) is 90.1 Å². The van der Waals surface area contributed by atoms with Crippen LogP contribution >= 0.6 is 0 Å². The molecule has 228 valence electrons.